The molecule has 0 aliphatic rings. The maximum atomic E-state index is 13.5. The zero-order valence-electron chi connectivity index (χ0n) is 18.6. The topological polar surface area (TPSA) is 74.2 Å². The van der Waals surface area contributed by atoms with Crippen molar-refractivity contribution in [2.24, 2.45) is 0 Å². The Morgan fingerprint density at radius 2 is 1.81 bits per heavy atom. The number of esters is 1. The van der Waals surface area contributed by atoms with E-state index < -0.39 is 11.8 Å². The molecule has 0 saturated heterocycles. The van der Waals surface area contributed by atoms with Crippen LogP contribution in [0.15, 0.2) is 42.5 Å². The molecule has 174 valence electrons. The molecule has 0 aliphatic carbocycles. The van der Waals surface area contributed by atoms with Crippen molar-refractivity contribution in [1.29, 1.82) is 0 Å². The standard InChI is InChI=1S/C25H31FO6/c1-3-5-13-30-24-18-19(8-11-25(28)32-16-15-29-4-2)7-10-23(24)31-14-12-20-6-9-22(27)21(26)17-20/h6-11,17-18,27H,3-5,12-16H2,1-2H3/b11-8-. The molecule has 6 nitrogen and oxygen atoms in total. The van der Waals surface area contributed by atoms with E-state index in [4.69, 9.17) is 18.9 Å². The second kappa shape index (κ2) is 14.1. The van der Waals surface area contributed by atoms with Gasteiger partial charge in [-0.15, -0.1) is 0 Å². The minimum Gasteiger partial charge on any atom is -0.505 e. The molecule has 0 radical (unpaired) electrons. The van der Waals surface area contributed by atoms with E-state index >= 15 is 0 Å². The first kappa shape index (κ1) is 25.2. The number of rotatable bonds is 14. The first-order valence-electron chi connectivity index (χ1n) is 10.8. The predicted octanol–water partition coefficient (Wildman–Crippen LogP) is 4.92. The molecule has 0 fully saturated rings. The summed E-state index contributed by atoms with van der Waals surface area (Å²) >= 11 is 0. The highest BCUT2D eigenvalue weighted by molar-refractivity contribution is 5.87. The van der Waals surface area contributed by atoms with E-state index in [0.29, 0.717) is 44.3 Å². The summed E-state index contributed by atoms with van der Waals surface area (Å²) in [4.78, 5) is 11.8. The van der Waals surface area contributed by atoms with Gasteiger partial charge in [0.25, 0.3) is 0 Å². The van der Waals surface area contributed by atoms with E-state index in [-0.39, 0.29) is 12.4 Å². The summed E-state index contributed by atoms with van der Waals surface area (Å²) < 4.78 is 35.4. The Hall–Kier alpha value is -3.06. The molecular formula is C25H31FO6. The fourth-order valence-corrected chi connectivity index (χ4v) is 2.73. The molecule has 0 aliphatic heterocycles. The maximum absolute atomic E-state index is 13.5. The van der Waals surface area contributed by atoms with Gasteiger partial charge in [0.15, 0.2) is 23.1 Å². The van der Waals surface area contributed by atoms with E-state index in [2.05, 4.69) is 6.92 Å². The molecule has 0 unspecified atom stereocenters. The summed E-state index contributed by atoms with van der Waals surface area (Å²) in [5, 5.41) is 9.29. The highest BCUT2D eigenvalue weighted by Crippen LogP contribution is 2.29. The zero-order chi connectivity index (χ0) is 23.2. The van der Waals surface area contributed by atoms with Crippen LogP contribution >= 0.6 is 0 Å². The van der Waals surface area contributed by atoms with Crippen LogP contribution in [0, 0.1) is 5.82 Å². The molecule has 0 bridgehead atoms. The van der Waals surface area contributed by atoms with Crippen molar-refractivity contribution in [3.05, 3.63) is 59.4 Å². The quantitative estimate of drug-likeness (QED) is 0.252. The lowest BCUT2D eigenvalue weighted by Gasteiger charge is -2.14. The Morgan fingerprint density at radius 1 is 1.00 bits per heavy atom. The van der Waals surface area contributed by atoms with Crippen LogP contribution < -0.4 is 9.47 Å². The van der Waals surface area contributed by atoms with Gasteiger partial charge in [0.05, 0.1) is 19.8 Å². The Kier molecular flexibility index (Phi) is 11.1. The maximum Gasteiger partial charge on any atom is 0.330 e. The molecule has 0 amide bonds. The van der Waals surface area contributed by atoms with Crippen LogP contribution in [0.4, 0.5) is 4.39 Å². The van der Waals surface area contributed by atoms with Crippen LogP contribution in [0.2, 0.25) is 0 Å². The van der Waals surface area contributed by atoms with Gasteiger partial charge in [0.2, 0.25) is 0 Å². The normalized spacial score (nSPS) is 11.0. The molecule has 0 aromatic heterocycles. The van der Waals surface area contributed by atoms with E-state index in [1.165, 1.54) is 18.2 Å². The number of ether oxygens (including phenoxy) is 4. The van der Waals surface area contributed by atoms with E-state index in [0.717, 1.165) is 24.0 Å². The fraction of sp³-hybridized carbons (Fsp3) is 0.400. The summed E-state index contributed by atoms with van der Waals surface area (Å²) in [6, 6.07) is 9.66. The number of aromatic hydroxyl groups is 1. The lowest BCUT2D eigenvalue weighted by atomic mass is 10.1. The average molecular weight is 447 g/mol. The van der Waals surface area contributed by atoms with Crippen LogP contribution in [0.5, 0.6) is 17.2 Å². The van der Waals surface area contributed by atoms with Gasteiger partial charge in [-0.25, -0.2) is 9.18 Å². The second-order valence-corrected chi connectivity index (χ2v) is 6.99. The summed E-state index contributed by atoms with van der Waals surface area (Å²) in [5.74, 6) is -0.333. The van der Waals surface area contributed by atoms with Crippen molar-refractivity contribution in [2.45, 2.75) is 33.1 Å². The third kappa shape index (κ3) is 8.98. The van der Waals surface area contributed by atoms with Crippen LogP contribution in [0.3, 0.4) is 0 Å². The SMILES string of the molecule is CCCCOc1cc(/C=C\C(=O)OCCOCC)ccc1OCCc1ccc(O)c(F)c1. The van der Waals surface area contributed by atoms with Crippen molar-refractivity contribution in [2.75, 3.05) is 33.0 Å². The molecule has 2 aromatic carbocycles. The monoisotopic (exact) mass is 446 g/mol. The number of hydrogen-bond donors (Lipinski definition) is 1. The Bertz CT molecular complexity index is 881. The molecule has 32 heavy (non-hydrogen) atoms. The van der Waals surface area contributed by atoms with Gasteiger partial charge >= 0.3 is 5.97 Å². The lowest BCUT2D eigenvalue weighted by molar-refractivity contribution is -0.139. The van der Waals surface area contributed by atoms with Gasteiger partial charge in [0, 0.05) is 19.1 Å². The third-order valence-corrected chi connectivity index (χ3v) is 4.47. The van der Waals surface area contributed by atoms with Crippen LogP contribution in [0.1, 0.15) is 37.8 Å². The van der Waals surface area contributed by atoms with Crippen molar-refractivity contribution in [3.8, 4) is 17.2 Å². The Morgan fingerprint density at radius 3 is 2.56 bits per heavy atom. The van der Waals surface area contributed by atoms with Gasteiger partial charge in [0.1, 0.15) is 6.61 Å². The van der Waals surface area contributed by atoms with Crippen molar-refractivity contribution in [1.82, 2.24) is 0 Å². The third-order valence-electron chi connectivity index (χ3n) is 4.47. The average Bonchev–Trinajstić information content (AvgIpc) is 2.79. The number of halogens is 1. The van der Waals surface area contributed by atoms with Gasteiger partial charge in [-0.3, -0.25) is 0 Å². The predicted molar refractivity (Wildman–Crippen MR) is 121 cm³/mol. The van der Waals surface area contributed by atoms with Crippen molar-refractivity contribution in [3.63, 3.8) is 0 Å². The largest absolute Gasteiger partial charge is 0.505 e. The highest BCUT2D eigenvalue weighted by Gasteiger charge is 2.08. The first-order chi connectivity index (χ1) is 15.5. The lowest BCUT2D eigenvalue weighted by Crippen LogP contribution is -2.08. The van der Waals surface area contributed by atoms with Gasteiger partial charge in [-0.1, -0.05) is 25.5 Å². The van der Waals surface area contributed by atoms with Crippen molar-refractivity contribution >= 4 is 12.0 Å². The summed E-state index contributed by atoms with van der Waals surface area (Å²) in [6.45, 7) is 5.97. The summed E-state index contributed by atoms with van der Waals surface area (Å²) in [7, 11) is 0. The van der Waals surface area contributed by atoms with Gasteiger partial charge in [-0.05, 0) is 54.8 Å². The van der Waals surface area contributed by atoms with Crippen LogP contribution in [0.25, 0.3) is 6.08 Å². The molecule has 7 heteroatoms. The van der Waals surface area contributed by atoms with Crippen molar-refractivity contribution < 1.29 is 33.2 Å². The number of carbonyl (C=O) groups is 1. The molecule has 1 N–H and O–H groups in total. The second-order valence-electron chi connectivity index (χ2n) is 6.99. The van der Waals surface area contributed by atoms with Gasteiger partial charge in [-0.2, -0.15) is 0 Å². The van der Waals surface area contributed by atoms with Crippen LogP contribution in [-0.2, 0) is 20.7 Å². The Balaban J connectivity index is 1.98. The molecule has 0 atom stereocenters. The molecular weight excluding hydrogens is 415 g/mol. The Labute approximate surface area is 188 Å². The number of phenols is 1. The smallest absolute Gasteiger partial charge is 0.330 e. The number of carbonyl (C=O) groups excluding carboxylic acids is 1. The molecule has 0 heterocycles. The minimum atomic E-state index is -0.654. The molecule has 0 spiro atoms. The first-order valence-corrected chi connectivity index (χ1v) is 10.8. The fourth-order valence-electron chi connectivity index (χ4n) is 2.73. The summed E-state index contributed by atoms with van der Waals surface area (Å²) in [5.41, 5.74) is 1.49. The number of unbranched alkanes of at least 4 members (excludes halogenated alkanes) is 1. The van der Waals surface area contributed by atoms with Crippen LogP contribution in [-0.4, -0.2) is 44.1 Å². The molecule has 2 aromatic rings. The summed E-state index contributed by atoms with van der Waals surface area (Å²) in [6.07, 6.45) is 5.38. The molecule has 0 saturated carbocycles. The van der Waals surface area contributed by atoms with E-state index in [1.54, 1.807) is 24.3 Å². The zero-order valence-corrected chi connectivity index (χ0v) is 18.6. The highest BCUT2D eigenvalue weighted by atomic mass is 19.1. The van der Waals surface area contributed by atoms with Gasteiger partial charge < -0.3 is 24.1 Å². The van der Waals surface area contributed by atoms with E-state index in [1.807, 2.05) is 13.0 Å². The number of phenolic OH excluding ortho intramolecular Hbond substituents is 1. The minimum absolute atomic E-state index is 0.208. The van der Waals surface area contributed by atoms with E-state index in [9.17, 15) is 14.3 Å². The number of hydrogen-bond acceptors (Lipinski definition) is 6. The molecule has 2 rings (SSSR count). The number of benzene rings is 2.